The maximum absolute atomic E-state index is 12.8. The van der Waals surface area contributed by atoms with E-state index in [2.05, 4.69) is 15.5 Å². The molecule has 5 nitrogen and oxygen atoms in total. The van der Waals surface area contributed by atoms with Crippen LogP contribution in [0.1, 0.15) is 22.5 Å². The van der Waals surface area contributed by atoms with Crippen molar-refractivity contribution in [3.63, 3.8) is 0 Å². The highest BCUT2D eigenvalue weighted by atomic mass is 19.4. The zero-order valence-corrected chi connectivity index (χ0v) is 12.9. The molecule has 0 saturated carbocycles. The Morgan fingerprint density at radius 3 is 2.71 bits per heavy atom. The summed E-state index contributed by atoms with van der Waals surface area (Å²) in [6, 6.07) is 9.12. The average molecular weight is 339 g/mol. The molecule has 0 saturated heterocycles. The molecule has 1 amide bonds. The zero-order chi connectivity index (χ0) is 17.6. The highest BCUT2D eigenvalue weighted by Crippen LogP contribution is 2.31. The minimum Gasteiger partial charge on any atom is -0.445 e. The third kappa shape index (κ3) is 4.87. The fourth-order valence-corrected chi connectivity index (χ4v) is 1.95. The Hall–Kier alpha value is -2.77. The minimum absolute atomic E-state index is 0.0372. The van der Waals surface area contributed by atoms with Crippen LogP contribution in [0.5, 0.6) is 0 Å². The highest BCUT2D eigenvalue weighted by molar-refractivity contribution is 5.67. The molecule has 0 radical (unpaired) electrons. The topological polar surface area (TPSA) is 67.0 Å². The number of aryl methyl sites for hydroxylation is 1. The molecule has 8 heteroatoms. The van der Waals surface area contributed by atoms with Gasteiger partial charge in [0, 0.05) is 17.8 Å². The summed E-state index contributed by atoms with van der Waals surface area (Å²) in [5, 5.41) is 7.98. The maximum Gasteiger partial charge on any atom is 0.435 e. The number of benzene rings is 1. The zero-order valence-electron chi connectivity index (χ0n) is 12.9. The fourth-order valence-electron chi connectivity index (χ4n) is 1.95. The number of H-pyrrole nitrogens is 1. The van der Waals surface area contributed by atoms with Crippen LogP contribution in [0.15, 0.2) is 36.4 Å². The molecule has 0 unspecified atom stereocenters. The lowest BCUT2D eigenvalue weighted by Crippen LogP contribution is -2.24. The Labute approximate surface area is 136 Å². The molecule has 0 spiro atoms. The van der Waals surface area contributed by atoms with Crippen LogP contribution < -0.4 is 5.32 Å². The number of nitrogens with zero attached hydrogens (tertiary/aromatic N) is 1. The van der Waals surface area contributed by atoms with Crippen LogP contribution in [0.2, 0.25) is 0 Å². The summed E-state index contributed by atoms with van der Waals surface area (Å²) in [5.74, 6) is 0. The van der Waals surface area contributed by atoms with Crippen LogP contribution in [0.25, 0.3) is 6.08 Å². The number of amides is 1. The van der Waals surface area contributed by atoms with Crippen LogP contribution in [-0.4, -0.2) is 22.8 Å². The van der Waals surface area contributed by atoms with Gasteiger partial charge in [0.25, 0.3) is 0 Å². The van der Waals surface area contributed by atoms with Gasteiger partial charge in [0.1, 0.15) is 6.61 Å². The number of hydrogen-bond acceptors (Lipinski definition) is 3. The first-order valence-corrected chi connectivity index (χ1v) is 7.11. The van der Waals surface area contributed by atoms with Crippen molar-refractivity contribution in [1.82, 2.24) is 15.5 Å². The van der Waals surface area contributed by atoms with E-state index in [-0.39, 0.29) is 18.7 Å². The fraction of sp³-hybridized carbons (Fsp3) is 0.250. The third-order valence-electron chi connectivity index (χ3n) is 3.12. The standard InChI is InChI=1S/C16H16F3N3O2/c1-11-13(14(22-21-11)16(17,18)19)8-5-9-20-15(23)24-10-12-6-3-2-4-7-12/h2-8H,9-10H2,1H3,(H,20,23)(H,21,22). The first-order chi connectivity index (χ1) is 11.4. The van der Waals surface area contributed by atoms with E-state index in [9.17, 15) is 18.0 Å². The largest absolute Gasteiger partial charge is 0.445 e. The molecule has 0 aliphatic carbocycles. The Morgan fingerprint density at radius 1 is 1.33 bits per heavy atom. The Balaban J connectivity index is 1.83. The number of aromatic nitrogens is 2. The van der Waals surface area contributed by atoms with Crippen molar-refractivity contribution >= 4 is 12.2 Å². The van der Waals surface area contributed by atoms with Crippen molar-refractivity contribution in [2.75, 3.05) is 6.54 Å². The lowest BCUT2D eigenvalue weighted by atomic mass is 10.1. The summed E-state index contributed by atoms with van der Waals surface area (Å²) in [5.41, 5.74) is 0.0992. The van der Waals surface area contributed by atoms with Gasteiger partial charge in [-0.15, -0.1) is 0 Å². The lowest BCUT2D eigenvalue weighted by Gasteiger charge is -2.05. The summed E-state index contributed by atoms with van der Waals surface area (Å²) in [7, 11) is 0. The van der Waals surface area contributed by atoms with E-state index >= 15 is 0 Å². The van der Waals surface area contributed by atoms with Crippen molar-refractivity contribution in [2.24, 2.45) is 0 Å². The Bertz CT molecular complexity index is 709. The highest BCUT2D eigenvalue weighted by Gasteiger charge is 2.36. The number of rotatable bonds is 5. The van der Waals surface area contributed by atoms with E-state index in [0.717, 1.165) is 5.56 Å². The molecule has 0 aliphatic heterocycles. The van der Waals surface area contributed by atoms with Gasteiger partial charge in [-0.2, -0.15) is 18.3 Å². The molecule has 2 N–H and O–H groups in total. The first kappa shape index (κ1) is 17.6. The van der Waals surface area contributed by atoms with Gasteiger partial charge >= 0.3 is 12.3 Å². The number of aromatic amines is 1. The number of carbonyl (C=O) groups is 1. The monoisotopic (exact) mass is 339 g/mol. The second kappa shape index (κ2) is 7.67. The maximum atomic E-state index is 12.8. The van der Waals surface area contributed by atoms with Crippen molar-refractivity contribution in [2.45, 2.75) is 19.7 Å². The van der Waals surface area contributed by atoms with Gasteiger partial charge in [-0.05, 0) is 12.5 Å². The Morgan fingerprint density at radius 2 is 2.04 bits per heavy atom. The number of ether oxygens (including phenoxy) is 1. The predicted octanol–water partition coefficient (Wildman–Crippen LogP) is 3.68. The molecule has 1 heterocycles. The molecule has 128 valence electrons. The van der Waals surface area contributed by atoms with Gasteiger partial charge in [-0.25, -0.2) is 4.79 Å². The van der Waals surface area contributed by atoms with E-state index in [1.807, 2.05) is 30.3 Å². The molecule has 2 rings (SSSR count). The van der Waals surface area contributed by atoms with Gasteiger partial charge in [0.05, 0.1) is 0 Å². The third-order valence-corrected chi connectivity index (χ3v) is 3.12. The Kier molecular flexibility index (Phi) is 5.62. The van der Waals surface area contributed by atoms with Crippen LogP contribution in [0, 0.1) is 6.92 Å². The molecule has 1 aromatic heterocycles. The van der Waals surface area contributed by atoms with E-state index in [0.29, 0.717) is 5.69 Å². The first-order valence-electron chi connectivity index (χ1n) is 7.11. The van der Waals surface area contributed by atoms with Gasteiger partial charge in [-0.3, -0.25) is 5.10 Å². The van der Waals surface area contributed by atoms with E-state index in [4.69, 9.17) is 4.74 Å². The van der Waals surface area contributed by atoms with Crippen molar-refractivity contribution in [3.8, 4) is 0 Å². The smallest absolute Gasteiger partial charge is 0.435 e. The average Bonchev–Trinajstić information content (AvgIpc) is 2.92. The van der Waals surface area contributed by atoms with Gasteiger partial charge in [0.2, 0.25) is 0 Å². The van der Waals surface area contributed by atoms with Crippen LogP contribution in [-0.2, 0) is 17.5 Å². The molecule has 0 atom stereocenters. The van der Waals surface area contributed by atoms with Crippen LogP contribution >= 0.6 is 0 Å². The summed E-state index contributed by atoms with van der Waals surface area (Å²) in [4.78, 5) is 11.5. The van der Waals surface area contributed by atoms with Crippen molar-refractivity contribution < 1.29 is 22.7 Å². The van der Waals surface area contributed by atoms with Gasteiger partial charge < -0.3 is 10.1 Å². The molecule has 0 aliphatic rings. The van der Waals surface area contributed by atoms with E-state index < -0.39 is 18.0 Å². The predicted molar refractivity (Wildman–Crippen MR) is 82.0 cm³/mol. The summed E-state index contributed by atoms with van der Waals surface area (Å²) in [6.07, 6.45) is -2.52. The second-order valence-electron chi connectivity index (χ2n) is 4.95. The summed E-state index contributed by atoms with van der Waals surface area (Å²) >= 11 is 0. The number of carbonyl (C=O) groups excluding carboxylic acids is 1. The molecular formula is C16H16F3N3O2. The molecule has 24 heavy (non-hydrogen) atoms. The van der Waals surface area contributed by atoms with Crippen LogP contribution in [0.4, 0.5) is 18.0 Å². The number of alkyl carbamates (subject to hydrolysis) is 1. The lowest BCUT2D eigenvalue weighted by molar-refractivity contribution is -0.141. The number of alkyl halides is 3. The van der Waals surface area contributed by atoms with Crippen molar-refractivity contribution in [3.05, 3.63) is 58.9 Å². The number of halogens is 3. The molecular weight excluding hydrogens is 323 g/mol. The SMILES string of the molecule is Cc1[nH]nc(C(F)(F)F)c1C=CCNC(=O)OCc1ccccc1. The summed E-state index contributed by atoms with van der Waals surface area (Å²) < 4.78 is 43.2. The molecule has 2 aromatic rings. The van der Waals surface area contributed by atoms with Gasteiger partial charge in [0.15, 0.2) is 5.69 Å². The molecule has 0 fully saturated rings. The molecule has 1 aromatic carbocycles. The van der Waals surface area contributed by atoms with E-state index in [1.165, 1.54) is 19.1 Å². The van der Waals surface area contributed by atoms with Gasteiger partial charge in [-0.1, -0.05) is 42.5 Å². The number of nitrogens with one attached hydrogen (secondary N) is 2. The van der Waals surface area contributed by atoms with Crippen molar-refractivity contribution in [1.29, 1.82) is 0 Å². The van der Waals surface area contributed by atoms with E-state index in [1.54, 1.807) is 0 Å². The summed E-state index contributed by atoms with van der Waals surface area (Å²) in [6.45, 7) is 1.65. The quantitative estimate of drug-likeness (QED) is 0.873. The molecule has 0 bridgehead atoms. The minimum atomic E-state index is -4.54. The normalized spacial score (nSPS) is 11.7. The van der Waals surface area contributed by atoms with Crippen LogP contribution in [0.3, 0.4) is 0 Å². The second-order valence-corrected chi connectivity index (χ2v) is 4.95. The number of hydrogen-bond donors (Lipinski definition) is 2.